The summed E-state index contributed by atoms with van der Waals surface area (Å²) >= 11 is 13.1. The number of aryl methyl sites for hydroxylation is 2. The summed E-state index contributed by atoms with van der Waals surface area (Å²) in [5, 5.41) is 13.6. The highest BCUT2D eigenvalue weighted by molar-refractivity contribution is 7.18. The van der Waals surface area contributed by atoms with E-state index in [0.717, 1.165) is 0 Å². The minimum Gasteiger partial charge on any atom is -0.266 e. The van der Waals surface area contributed by atoms with Crippen LogP contribution < -0.4 is 5.56 Å². The molecule has 0 bridgehead atoms. The normalized spacial score (nSPS) is 10.9. The molecule has 2 aromatic rings. The summed E-state index contributed by atoms with van der Waals surface area (Å²) in [6.45, 7) is 3.47. The molecular formula is C13H9Cl2N3OS. The predicted molar refractivity (Wildman–Crippen MR) is 82.2 cm³/mol. The van der Waals surface area contributed by atoms with Crippen LogP contribution in [-0.4, -0.2) is 10.9 Å². The van der Waals surface area contributed by atoms with E-state index in [9.17, 15) is 4.79 Å². The Balaban J connectivity index is 2.53. The highest BCUT2D eigenvalue weighted by Crippen LogP contribution is 2.29. The molecule has 0 aromatic carbocycles. The molecule has 0 saturated carbocycles. The second kappa shape index (κ2) is 5.80. The van der Waals surface area contributed by atoms with Crippen LogP contribution in [0.25, 0.3) is 0 Å². The highest BCUT2D eigenvalue weighted by Gasteiger charge is 2.09. The van der Waals surface area contributed by atoms with Gasteiger partial charge in [-0.2, -0.15) is 10.4 Å². The van der Waals surface area contributed by atoms with E-state index in [-0.39, 0.29) is 5.56 Å². The minimum absolute atomic E-state index is 0.0862. The van der Waals surface area contributed by atoms with Gasteiger partial charge in [-0.25, -0.2) is 4.68 Å². The lowest BCUT2D eigenvalue weighted by atomic mass is 10.1. The summed E-state index contributed by atoms with van der Waals surface area (Å²) in [5.41, 5.74) is 0.920. The van der Waals surface area contributed by atoms with Crippen LogP contribution in [-0.2, 0) is 0 Å². The summed E-state index contributed by atoms with van der Waals surface area (Å²) in [6, 6.07) is 5.24. The first-order chi connectivity index (χ1) is 9.43. The predicted octanol–water partition coefficient (Wildman–Crippen LogP) is 3.59. The van der Waals surface area contributed by atoms with E-state index in [4.69, 9.17) is 28.5 Å². The average Bonchev–Trinajstić information content (AvgIpc) is 2.67. The average molecular weight is 326 g/mol. The van der Waals surface area contributed by atoms with Gasteiger partial charge in [-0.1, -0.05) is 23.2 Å². The zero-order chi connectivity index (χ0) is 14.9. The third-order valence-corrected chi connectivity index (χ3v) is 4.27. The van der Waals surface area contributed by atoms with Crippen molar-refractivity contribution >= 4 is 40.8 Å². The molecule has 0 aliphatic rings. The maximum atomic E-state index is 12.1. The number of nitriles is 1. The molecule has 2 rings (SSSR count). The number of thiophene rings is 1. The number of hydrogen-bond donors (Lipinski definition) is 0. The highest BCUT2D eigenvalue weighted by atomic mass is 35.5. The second-order valence-corrected chi connectivity index (χ2v) is 6.20. The number of halogens is 2. The lowest BCUT2D eigenvalue weighted by Gasteiger charge is -2.05. The number of aromatic nitrogens is 1. The van der Waals surface area contributed by atoms with Gasteiger partial charge in [-0.15, -0.1) is 11.3 Å². The van der Waals surface area contributed by atoms with Crippen molar-refractivity contribution in [1.82, 2.24) is 4.68 Å². The van der Waals surface area contributed by atoms with Crippen LogP contribution in [0.2, 0.25) is 9.36 Å². The van der Waals surface area contributed by atoms with Gasteiger partial charge in [0.05, 0.1) is 20.5 Å². The first-order valence-corrected chi connectivity index (χ1v) is 7.14. The van der Waals surface area contributed by atoms with E-state index in [1.165, 1.54) is 22.2 Å². The van der Waals surface area contributed by atoms with Gasteiger partial charge in [-0.05, 0) is 31.5 Å². The van der Waals surface area contributed by atoms with Gasteiger partial charge >= 0.3 is 0 Å². The summed E-state index contributed by atoms with van der Waals surface area (Å²) < 4.78 is 1.72. The Morgan fingerprint density at radius 2 is 2.10 bits per heavy atom. The van der Waals surface area contributed by atoms with Crippen LogP contribution in [0.3, 0.4) is 0 Å². The molecule has 0 aliphatic heterocycles. The Labute approximate surface area is 129 Å². The molecule has 102 valence electrons. The fourth-order valence-corrected chi connectivity index (χ4v) is 3.11. The largest absolute Gasteiger partial charge is 0.289 e. The molecule has 0 unspecified atom stereocenters. The molecular weight excluding hydrogens is 317 g/mol. The lowest BCUT2D eigenvalue weighted by Crippen LogP contribution is -2.22. The molecule has 2 aromatic heterocycles. The van der Waals surface area contributed by atoms with Gasteiger partial charge < -0.3 is 0 Å². The van der Waals surface area contributed by atoms with Crippen LogP contribution in [0.1, 0.15) is 21.7 Å². The molecule has 7 heteroatoms. The van der Waals surface area contributed by atoms with Gasteiger partial charge in [0.1, 0.15) is 11.6 Å². The third kappa shape index (κ3) is 2.78. The number of hydrogen-bond acceptors (Lipinski definition) is 4. The van der Waals surface area contributed by atoms with Crippen LogP contribution in [0.4, 0.5) is 0 Å². The fraction of sp³-hybridized carbons (Fsp3) is 0.154. The number of nitrogens with zero attached hydrogens (tertiary/aromatic N) is 3. The van der Waals surface area contributed by atoms with Crippen molar-refractivity contribution in [3.05, 3.63) is 53.5 Å². The van der Waals surface area contributed by atoms with Crippen LogP contribution in [0.15, 0.2) is 22.0 Å². The van der Waals surface area contributed by atoms with Gasteiger partial charge in [-0.3, -0.25) is 4.79 Å². The van der Waals surface area contributed by atoms with Gasteiger partial charge in [0.15, 0.2) is 0 Å². The van der Waals surface area contributed by atoms with Crippen molar-refractivity contribution < 1.29 is 0 Å². The van der Waals surface area contributed by atoms with Gasteiger partial charge in [0, 0.05) is 5.69 Å². The van der Waals surface area contributed by atoms with E-state index in [2.05, 4.69) is 5.10 Å². The van der Waals surface area contributed by atoms with Crippen molar-refractivity contribution in [2.45, 2.75) is 13.8 Å². The van der Waals surface area contributed by atoms with E-state index in [1.54, 1.807) is 26.0 Å². The Hall–Kier alpha value is -1.61. The Morgan fingerprint density at radius 1 is 1.40 bits per heavy atom. The van der Waals surface area contributed by atoms with Crippen molar-refractivity contribution in [2.24, 2.45) is 5.10 Å². The Kier molecular flexibility index (Phi) is 4.29. The van der Waals surface area contributed by atoms with E-state index < -0.39 is 5.56 Å². The van der Waals surface area contributed by atoms with Crippen molar-refractivity contribution in [3.63, 3.8) is 0 Å². The topological polar surface area (TPSA) is 58.1 Å². The van der Waals surface area contributed by atoms with Crippen LogP contribution in [0.5, 0.6) is 0 Å². The molecule has 0 atom stereocenters. The molecule has 0 radical (unpaired) electrons. The number of rotatable bonds is 2. The van der Waals surface area contributed by atoms with Crippen molar-refractivity contribution in [3.8, 4) is 6.07 Å². The molecule has 0 aliphatic carbocycles. The Bertz CT molecular complexity index is 799. The maximum absolute atomic E-state index is 12.1. The summed E-state index contributed by atoms with van der Waals surface area (Å²) in [7, 11) is 0. The molecule has 4 nitrogen and oxygen atoms in total. The van der Waals surface area contributed by atoms with Gasteiger partial charge in [0.2, 0.25) is 0 Å². The van der Waals surface area contributed by atoms with E-state index in [1.807, 2.05) is 6.07 Å². The second-order valence-electron chi connectivity index (χ2n) is 4.08. The smallest absolute Gasteiger partial charge is 0.266 e. The molecule has 20 heavy (non-hydrogen) atoms. The zero-order valence-corrected chi connectivity index (χ0v) is 13.0. The summed E-state index contributed by atoms with van der Waals surface area (Å²) in [6.07, 6.45) is 1.46. The zero-order valence-electron chi connectivity index (χ0n) is 10.6. The van der Waals surface area contributed by atoms with Crippen molar-refractivity contribution in [1.29, 1.82) is 5.26 Å². The molecule has 0 fully saturated rings. The van der Waals surface area contributed by atoms with Gasteiger partial charge in [0.25, 0.3) is 5.56 Å². The summed E-state index contributed by atoms with van der Waals surface area (Å²) in [4.78, 5) is 12.8. The van der Waals surface area contributed by atoms with Crippen molar-refractivity contribution in [2.75, 3.05) is 0 Å². The number of pyridine rings is 1. The maximum Gasteiger partial charge on any atom is 0.289 e. The first kappa shape index (κ1) is 14.8. The Morgan fingerprint density at radius 3 is 2.65 bits per heavy atom. The molecule has 0 spiro atoms. The molecule has 0 saturated heterocycles. The molecule has 2 heterocycles. The third-order valence-electron chi connectivity index (χ3n) is 2.65. The molecule has 0 N–H and O–H groups in total. The lowest BCUT2D eigenvalue weighted by molar-refractivity contribution is 0.787. The van der Waals surface area contributed by atoms with Crippen LogP contribution >= 0.6 is 34.5 Å². The first-order valence-electron chi connectivity index (χ1n) is 5.56. The monoisotopic (exact) mass is 325 g/mol. The minimum atomic E-state index is -0.444. The molecule has 0 amide bonds. The quantitative estimate of drug-likeness (QED) is 0.792. The fourth-order valence-electron chi connectivity index (χ4n) is 1.71. The SMILES string of the molecule is Cc1cc(C)n(N=Cc2sc(Cl)cc2Cl)c(=O)c1C#N. The van der Waals surface area contributed by atoms with E-state index in [0.29, 0.717) is 25.5 Å². The van der Waals surface area contributed by atoms with Crippen LogP contribution in [0, 0.1) is 25.2 Å². The van der Waals surface area contributed by atoms with E-state index >= 15 is 0 Å². The standard InChI is InChI=1S/C13H9Cl2N3OS/c1-7-3-8(2)18(13(19)9(7)5-16)17-6-11-10(14)4-12(15)20-11/h3-4,6H,1-2H3. The summed E-state index contributed by atoms with van der Waals surface area (Å²) in [5.74, 6) is 0.